The standard InChI is InChI=1S/C14H19N3O3/c1-8-6-9(2)16-12(10(8)11(15)18)17-5-4-14(3,7-17)13(19)20/h6H,4-5,7H2,1-3H3,(H2,15,18)(H,19,20). The minimum atomic E-state index is -0.829. The van der Waals surface area contributed by atoms with E-state index >= 15 is 0 Å². The summed E-state index contributed by atoms with van der Waals surface area (Å²) in [6, 6.07) is 1.80. The number of anilines is 1. The first-order valence-corrected chi connectivity index (χ1v) is 6.51. The molecule has 6 nitrogen and oxygen atoms in total. The number of carbonyl (C=O) groups excluding carboxylic acids is 1. The Kier molecular flexibility index (Phi) is 3.41. The highest BCUT2D eigenvalue weighted by molar-refractivity contribution is 5.99. The highest BCUT2D eigenvalue weighted by atomic mass is 16.4. The minimum absolute atomic E-state index is 0.332. The first kappa shape index (κ1) is 14.3. The van der Waals surface area contributed by atoms with Crippen LogP contribution in [-0.4, -0.2) is 35.1 Å². The normalized spacial score (nSPS) is 22.1. The lowest BCUT2D eigenvalue weighted by Crippen LogP contribution is -2.33. The van der Waals surface area contributed by atoms with Crippen molar-refractivity contribution in [2.75, 3.05) is 18.0 Å². The number of aromatic nitrogens is 1. The van der Waals surface area contributed by atoms with Crippen LogP contribution in [0.1, 0.15) is 35.0 Å². The molecule has 0 aliphatic carbocycles. The van der Waals surface area contributed by atoms with Crippen molar-refractivity contribution in [3.63, 3.8) is 0 Å². The zero-order valence-electron chi connectivity index (χ0n) is 11.9. The van der Waals surface area contributed by atoms with E-state index in [4.69, 9.17) is 5.73 Å². The molecule has 1 atom stereocenters. The molecule has 1 aromatic rings. The summed E-state index contributed by atoms with van der Waals surface area (Å²) in [5, 5.41) is 9.29. The molecule has 3 N–H and O–H groups in total. The second-order valence-electron chi connectivity index (χ2n) is 5.68. The lowest BCUT2D eigenvalue weighted by molar-refractivity contribution is -0.146. The Morgan fingerprint density at radius 2 is 2.10 bits per heavy atom. The van der Waals surface area contributed by atoms with E-state index in [1.54, 1.807) is 13.0 Å². The smallest absolute Gasteiger partial charge is 0.311 e. The van der Waals surface area contributed by atoms with Crippen molar-refractivity contribution in [2.45, 2.75) is 27.2 Å². The van der Waals surface area contributed by atoms with Crippen molar-refractivity contribution in [1.29, 1.82) is 0 Å². The van der Waals surface area contributed by atoms with Crippen LogP contribution in [0.5, 0.6) is 0 Å². The topological polar surface area (TPSA) is 96.5 Å². The molecule has 1 aromatic heterocycles. The number of amides is 1. The number of carbonyl (C=O) groups is 2. The van der Waals surface area contributed by atoms with E-state index in [2.05, 4.69) is 4.98 Å². The van der Waals surface area contributed by atoms with Crippen LogP contribution in [0.25, 0.3) is 0 Å². The number of nitrogens with zero attached hydrogens (tertiary/aromatic N) is 2. The maximum Gasteiger partial charge on any atom is 0.311 e. The average Bonchev–Trinajstić information content (AvgIpc) is 2.71. The van der Waals surface area contributed by atoms with Gasteiger partial charge in [0.1, 0.15) is 5.82 Å². The number of rotatable bonds is 3. The molecule has 20 heavy (non-hydrogen) atoms. The van der Waals surface area contributed by atoms with E-state index in [-0.39, 0.29) is 0 Å². The molecule has 1 fully saturated rings. The zero-order valence-corrected chi connectivity index (χ0v) is 11.9. The van der Waals surface area contributed by atoms with Gasteiger partial charge in [-0.1, -0.05) is 0 Å². The molecule has 0 aromatic carbocycles. The van der Waals surface area contributed by atoms with Gasteiger partial charge in [-0.15, -0.1) is 0 Å². The van der Waals surface area contributed by atoms with E-state index in [1.165, 1.54) is 0 Å². The first-order valence-electron chi connectivity index (χ1n) is 6.51. The third kappa shape index (κ3) is 2.33. The van der Waals surface area contributed by atoms with Gasteiger partial charge in [0, 0.05) is 18.8 Å². The zero-order chi connectivity index (χ0) is 15.1. The average molecular weight is 277 g/mol. The molecular weight excluding hydrogens is 258 g/mol. The number of primary amides is 1. The van der Waals surface area contributed by atoms with E-state index in [0.717, 1.165) is 11.3 Å². The quantitative estimate of drug-likeness (QED) is 0.862. The maximum absolute atomic E-state index is 11.6. The van der Waals surface area contributed by atoms with Crippen LogP contribution in [0.3, 0.4) is 0 Å². The Morgan fingerprint density at radius 1 is 1.45 bits per heavy atom. The molecule has 1 unspecified atom stereocenters. The van der Waals surface area contributed by atoms with Crippen molar-refractivity contribution in [2.24, 2.45) is 11.1 Å². The molecular formula is C14H19N3O3. The van der Waals surface area contributed by atoms with Gasteiger partial charge in [-0.25, -0.2) is 4.98 Å². The van der Waals surface area contributed by atoms with Crippen molar-refractivity contribution in [1.82, 2.24) is 4.98 Å². The molecule has 2 heterocycles. The summed E-state index contributed by atoms with van der Waals surface area (Å²) in [6.45, 7) is 6.25. The van der Waals surface area contributed by atoms with Gasteiger partial charge in [0.05, 0.1) is 11.0 Å². The number of hydrogen-bond donors (Lipinski definition) is 2. The number of nitrogens with two attached hydrogens (primary N) is 1. The molecule has 1 aliphatic heterocycles. The Bertz CT molecular complexity index is 585. The lowest BCUT2D eigenvalue weighted by atomic mass is 9.90. The maximum atomic E-state index is 11.6. The fraction of sp³-hybridized carbons (Fsp3) is 0.500. The van der Waals surface area contributed by atoms with Crippen LogP contribution in [0, 0.1) is 19.3 Å². The molecule has 1 saturated heterocycles. The van der Waals surface area contributed by atoms with E-state index in [9.17, 15) is 14.7 Å². The SMILES string of the molecule is Cc1cc(C)c(C(N)=O)c(N2CCC(C)(C(=O)O)C2)n1. The van der Waals surface area contributed by atoms with Gasteiger partial charge in [-0.3, -0.25) is 9.59 Å². The summed E-state index contributed by atoms with van der Waals surface area (Å²) in [5.74, 6) is -0.862. The van der Waals surface area contributed by atoms with Crippen molar-refractivity contribution in [3.05, 3.63) is 22.9 Å². The number of carboxylic acid groups (broad SMARTS) is 1. The molecule has 1 aliphatic rings. The van der Waals surface area contributed by atoms with Gasteiger partial charge in [-0.05, 0) is 38.8 Å². The third-order valence-electron chi connectivity index (χ3n) is 3.86. The summed E-state index contributed by atoms with van der Waals surface area (Å²) < 4.78 is 0. The number of aliphatic carboxylic acids is 1. The number of pyridine rings is 1. The van der Waals surface area contributed by atoms with Gasteiger partial charge in [-0.2, -0.15) is 0 Å². The van der Waals surface area contributed by atoms with Crippen LogP contribution in [0.2, 0.25) is 0 Å². The van der Waals surface area contributed by atoms with Crippen LogP contribution < -0.4 is 10.6 Å². The molecule has 6 heteroatoms. The van der Waals surface area contributed by atoms with Crippen LogP contribution >= 0.6 is 0 Å². The fourth-order valence-electron chi connectivity index (χ4n) is 2.67. The molecule has 0 bridgehead atoms. The Morgan fingerprint density at radius 3 is 2.60 bits per heavy atom. The van der Waals surface area contributed by atoms with E-state index in [0.29, 0.717) is 30.9 Å². The molecule has 1 amide bonds. The van der Waals surface area contributed by atoms with Crippen molar-refractivity contribution in [3.8, 4) is 0 Å². The largest absolute Gasteiger partial charge is 0.481 e. The van der Waals surface area contributed by atoms with Gasteiger partial charge in [0.2, 0.25) is 0 Å². The molecule has 108 valence electrons. The predicted molar refractivity (Wildman–Crippen MR) is 74.8 cm³/mol. The summed E-state index contributed by atoms with van der Waals surface area (Å²) in [4.78, 5) is 29.2. The molecule has 0 saturated carbocycles. The Balaban J connectivity index is 2.44. The number of hydrogen-bond acceptors (Lipinski definition) is 4. The second-order valence-corrected chi connectivity index (χ2v) is 5.68. The highest BCUT2D eigenvalue weighted by Gasteiger charge is 2.41. The summed E-state index contributed by atoms with van der Waals surface area (Å²) in [7, 11) is 0. The van der Waals surface area contributed by atoms with Crippen molar-refractivity contribution >= 4 is 17.7 Å². The first-order chi connectivity index (χ1) is 9.24. The molecule has 2 rings (SSSR count). The third-order valence-corrected chi connectivity index (χ3v) is 3.86. The second kappa shape index (κ2) is 4.77. The van der Waals surface area contributed by atoms with Gasteiger partial charge < -0.3 is 15.7 Å². The lowest BCUT2D eigenvalue weighted by Gasteiger charge is -2.23. The fourth-order valence-corrected chi connectivity index (χ4v) is 2.67. The van der Waals surface area contributed by atoms with Gasteiger partial charge in [0.25, 0.3) is 5.91 Å². The molecule has 0 radical (unpaired) electrons. The van der Waals surface area contributed by atoms with Crippen LogP contribution in [0.15, 0.2) is 6.07 Å². The van der Waals surface area contributed by atoms with E-state index in [1.807, 2.05) is 18.7 Å². The van der Waals surface area contributed by atoms with Crippen LogP contribution in [0.4, 0.5) is 5.82 Å². The summed E-state index contributed by atoms with van der Waals surface area (Å²) >= 11 is 0. The molecule has 0 spiro atoms. The summed E-state index contributed by atoms with van der Waals surface area (Å²) in [6.07, 6.45) is 0.523. The highest BCUT2D eigenvalue weighted by Crippen LogP contribution is 2.34. The predicted octanol–water partition coefficient (Wildman–Crippen LogP) is 1.10. The summed E-state index contributed by atoms with van der Waals surface area (Å²) in [5.41, 5.74) is 6.56. The van der Waals surface area contributed by atoms with Gasteiger partial charge in [0.15, 0.2) is 0 Å². The van der Waals surface area contributed by atoms with Gasteiger partial charge >= 0.3 is 5.97 Å². The van der Waals surface area contributed by atoms with Crippen molar-refractivity contribution < 1.29 is 14.7 Å². The number of aryl methyl sites for hydroxylation is 2. The Hall–Kier alpha value is -2.11. The van der Waals surface area contributed by atoms with E-state index < -0.39 is 17.3 Å². The Labute approximate surface area is 117 Å². The number of carboxylic acids is 1. The monoisotopic (exact) mass is 277 g/mol. The van der Waals surface area contributed by atoms with Crippen LogP contribution in [-0.2, 0) is 4.79 Å². The minimum Gasteiger partial charge on any atom is -0.481 e.